The molecule has 0 fully saturated rings. The molecule has 0 atom stereocenters. The van der Waals surface area contributed by atoms with Crippen molar-refractivity contribution in [3.63, 3.8) is 0 Å². The molecule has 1 N–H and O–H groups in total. The lowest BCUT2D eigenvalue weighted by Crippen LogP contribution is -2.23. The van der Waals surface area contributed by atoms with Gasteiger partial charge in [0.1, 0.15) is 0 Å². The summed E-state index contributed by atoms with van der Waals surface area (Å²) in [7, 11) is 0. The Labute approximate surface area is 118 Å². The summed E-state index contributed by atoms with van der Waals surface area (Å²) >= 11 is 0. The average molecular weight is 268 g/mol. The fraction of sp³-hybridized carbons (Fsp3) is 0.875. The number of carbonyl (C=O) groups excluding carboxylic acids is 2. The minimum Gasteiger partial charge on any atom is -0.356 e. The SMILES string of the molecule is CCCCCCCCCC(=O)NCCCCC[C]=O. The summed E-state index contributed by atoms with van der Waals surface area (Å²) < 4.78 is 0. The van der Waals surface area contributed by atoms with E-state index in [2.05, 4.69) is 12.2 Å². The van der Waals surface area contributed by atoms with Gasteiger partial charge in [0.15, 0.2) is 6.29 Å². The zero-order valence-electron chi connectivity index (χ0n) is 12.5. The third kappa shape index (κ3) is 15.1. The average Bonchev–Trinajstić information content (AvgIpc) is 2.41. The number of unbranched alkanes of at least 4 members (excludes halogenated alkanes) is 9. The normalized spacial score (nSPS) is 10.4. The highest BCUT2D eigenvalue weighted by molar-refractivity contribution is 5.75. The van der Waals surface area contributed by atoms with Crippen molar-refractivity contribution >= 4 is 12.2 Å². The third-order valence-corrected chi connectivity index (χ3v) is 3.29. The largest absolute Gasteiger partial charge is 0.356 e. The van der Waals surface area contributed by atoms with Gasteiger partial charge in [0.05, 0.1) is 0 Å². The summed E-state index contributed by atoms with van der Waals surface area (Å²) in [5.41, 5.74) is 0. The van der Waals surface area contributed by atoms with E-state index in [1.807, 2.05) is 6.29 Å². The van der Waals surface area contributed by atoms with Gasteiger partial charge >= 0.3 is 0 Å². The topological polar surface area (TPSA) is 46.2 Å². The minimum absolute atomic E-state index is 0.176. The van der Waals surface area contributed by atoms with Gasteiger partial charge in [0, 0.05) is 19.4 Å². The van der Waals surface area contributed by atoms with E-state index in [4.69, 9.17) is 0 Å². The maximum atomic E-state index is 11.5. The summed E-state index contributed by atoms with van der Waals surface area (Å²) in [5, 5.41) is 2.93. The van der Waals surface area contributed by atoms with Gasteiger partial charge < -0.3 is 5.32 Å². The van der Waals surface area contributed by atoms with Crippen molar-refractivity contribution in [2.75, 3.05) is 6.54 Å². The summed E-state index contributed by atoms with van der Waals surface area (Å²) in [5.74, 6) is 0.176. The molecular formula is C16H30NO2. The Kier molecular flexibility index (Phi) is 14.5. The second-order valence-corrected chi connectivity index (χ2v) is 5.18. The molecule has 0 saturated carbocycles. The van der Waals surface area contributed by atoms with Crippen molar-refractivity contribution in [2.24, 2.45) is 0 Å². The molecule has 0 saturated heterocycles. The Balaban J connectivity index is 3.14. The predicted molar refractivity (Wildman–Crippen MR) is 79.8 cm³/mol. The summed E-state index contributed by atoms with van der Waals surface area (Å²) in [4.78, 5) is 21.5. The van der Waals surface area contributed by atoms with Crippen LogP contribution >= 0.6 is 0 Å². The van der Waals surface area contributed by atoms with Gasteiger partial charge in [0.2, 0.25) is 5.91 Å². The Morgan fingerprint density at radius 3 is 2.21 bits per heavy atom. The fourth-order valence-corrected chi connectivity index (χ4v) is 2.06. The highest BCUT2D eigenvalue weighted by atomic mass is 16.1. The second-order valence-electron chi connectivity index (χ2n) is 5.18. The minimum atomic E-state index is 0.176. The first-order valence-corrected chi connectivity index (χ1v) is 7.93. The van der Waals surface area contributed by atoms with Crippen LogP contribution in [-0.2, 0) is 9.59 Å². The van der Waals surface area contributed by atoms with Crippen LogP contribution in [0.25, 0.3) is 0 Å². The van der Waals surface area contributed by atoms with Crippen molar-refractivity contribution in [1.82, 2.24) is 5.32 Å². The molecule has 0 aliphatic rings. The van der Waals surface area contributed by atoms with Crippen molar-refractivity contribution in [3.05, 3.63) is 0 Å². The summed E-state index contributed by atoms with van der Waals surface area (Å²) in [6, 6.07) is 0. The quantitative estimate of drug-likeness (QED) is 0.485. The van der Waals surface area contributed by atoms with Gasteiger partial charge in [-0.05, 0) is 19.3 Å². The van der Waals surface area contributed by atoms with E-state index < -0.39 is 0 Å². The van der Waals surface area contributed by atoms with Gasteiger partial charge in [-0.3, -0.25) is 9.59 Å². The van der Waals surface area contributed by atoms with Crippen LogP contribution < -0.4 is 5.32 Å². The number of rotatable bonds is 14. The van der Waals surface area contributed by atoms with Crippen LogP contribution in [0.1, 0.15) is 84.0 Å². The van der Waals surface area contributed by atoms with E-state index in [0.29, 0.717) is 12.8 Å². The third-order valence-electron chi connectivity index (χ3n) is 3.29. The van der Waals surface area contributed by atoms with Crippen LogP contribution in [0, 0.1) is 0 Å². The molecule has 0 heterocycles. The van der Waals surface area contributed by atoms with E-state index in [9.17, 15) is 9.59 Å². The Bertz CT molecular complexity index is 217. The van der Waals surface area contributed by atoms with E-state index in [1.54, 1.807) is 0 Å². The van der Waals surface area contributed by atoms with Gasteiger partial charge in [-0.1, -0.05) is 51.9 Å². The molecule has 0 aromatic rings. The highest BCUT2D eigenvalue weighted by Gasteiger charge is 2.00. The van der Waals surface area contributed by atoms with E-state index in [-0.39, 0.29) is 5.91 Å². The molecule has 0 aromatic heterocycles. The molecule has 111 valence electrons. The first kappa shape index (κ1) is 18.1. The van der Waals surface area contributed by atoms with Crippen LogP contribution in [-0.4, -0.2) is 18.7 Å². The van der Waals surface area contributed by atoms with Crippen molar-refractivity contribution in [1.29, 1.82) is 0 Å². The molecule has 1 radical (unpaired) electrons. The fourth-order valence-electron chi connectivity index (χ4n) is 2.06. The van der Waals surface area contributed by atoms with Crippen LogP contribution in [0.2, 0.25) is 0 Å². The molecule has 0 spiro atoms. The lowest BCUT2D eigenvalue weighted by molar-refractivity contribution is -0.121. The molecule has 1 amide bonds. The Morgan fingerprint density at radius 1 is 0.895 bits per heavy atom. The zero-order chi connectivity index (χ0) is 14.2. The molecule has 0 unspecified atom stereocenters. The van der Waals surface area contributed by atoms with E-state index in [1.165, 1.54) is 38.5 Å². The number of nitrogens with one attached hydrogen (secondary N) is 1. The summed E-state index contributed by atoms with van der Waals surface area (Å²) in [6.45, 7) is 2.97. The Morgan fingerprint density at radius 2 is 1.53 bits per heavy atom. The van der Waals surface area contributed by atoms with Crippen LogP contribution in [0.5, 0.6) is 0 Å². The maximum absolute atomic E-state index is 11.5. The van der Waals surface area contributed by atoms with Crippen molar-refractivity contribution < 1.29 is 9.59 Å². The summed E-state index contributed by atoms with van der Waals surface area (Å²) in [6.07, 6.45) is 14.6. The van der Waals surface area contributed by atoms with E-state index >= 15 is 0 Å². The molecule has 3 nitrogen and oxygen atoms in total. The lowest BCUT2D eigenvalue weighted by Gasteiger charge is -2.05. The van der Waals surface area contributed by atoms with Gasteiger partial charge in [-0.25, -0.2) is 0 Å². The van der Waals surface area contributed by atoms with Gasteiger partial charge in [0.25, 0.3) is 0 Å². The first-order chi connectivity index (χ1) is 9.31. The lowest BCUT2D eigenvalue weighted by atomic mass is 10.1. The first-order valence-electron chi connectivity index (χ1n) is 7.93. The number of hydrogen-bond donors (Lipinski definition) is 1. The standard InChI is InChI=1S/C16H30NO2/c1-2-3-4-5-6-7-10-13-16(19)17-14-11-8-9-12-15-18/h2-14H2,1H3,(H,17,19). The molecular weight excluding hydrogens is 238 g/mol. The van der Waals surface area contributed by atoms with Crippen LogP contribution in [0.3, 0.4) is 0 Å². The van der Waals surface area contributed by atoms with Gasteiger partial charge in [-0.2, -0.15) is 0 Å². The van der Waals surface area contributed by atoms with Crippen molar-refractivity contribution in [3.8, 4) is 0 Å². The van der Waals surface area contributed by atoms with Crippen molar-refractivity contribution in [2.45, 2.75) is 84.0 Å². The monoisotopic (exact) mass is 268 g/mol. The molecule has 0 aromatic carbocycles. The zero-order valence-corrected chi connectivity index (χ0v) is 12.5. The molecule has 19 heavy (non-hydrogen) atoms. The molecule has 3 heteroatoms. The Hall–Kier alpha value is -0.860. The van der Waals surface area contributed by atoms with Crippen LogP contribution in [0.15, 0.2) is 0 Å². The second kappa shape index (κ2) is 15.2. The number of carbonyl (C=O) groups is 1. The van der Waals surface area contributed by atoms with Gasteiger partial charge in [-0.15, -0.1) is 0 Å². The van der Waals surface area contributed by atoms with Crippen LogP contribution in [0.4, 0.5) is 0 Å². The molecule has 0 bridgehead atoms. The number of hydrogen-bond acceptors (Lipinski definition) is 2. The smallest absolute Gasteiger partial charge is 0.219 e. The molecule has 0 rings (SSSR count). The molecule has 0 aliphatic carbocycles. The van der Waals surface area contributed by atoms with E-state index in [0.717, 1.165) is 32.2 Å². The number of amides is 1. The highest BCUT2D eigenvalue weighted by Crippen LogP contribution is 2.08. The molecule has 0 aliphatic heterocycles. The maximum Gasteiger partial charge on any atom is 0.219 e. The predicted octanol–water partition coefficient (Wildman–Crippen LogP) is 3.91.